The summed E-state index contributed by atoms with van der Waals surface area (Å²) < 4.78 is 45.3. The van der Waals surface area contributed by atoms with Crippen LogP contribution in [-0.2, 0) is 10.0 Å². The van der Waals surface area contributed by atoms with E-state index >= 15 is 0 Å². The van der Waals surface area contributed by atoms with E-state index in [-0.39, 0.29) is 35.5 Å². The Hall–Kier alpha value is -2.85. The highest BCUT2D eigenvalue weighted by Crippen LogP contribution is 2.30. The van der Waals surface area contributed by atoms with Crippen LogP contribution < -0.4 is 4.72 Å². The minimum atomic E-state index is -3.38. The number of piperidine rings is 1. The second-order valence-corrected chi connectivity index (χ2v) is 9.58. The average Bonchev–Trinajstić information content (AvgIpc) is 3.12. The predicted octanol–water partition coefficient (Wildman–Crippen LogP) is 2.88. The number of nitrogens with zero attached hydrogens (tertiary/aromatic N) is 3. The molecule has 1 atom stereocenters. The van der Waals surface area contributed by atoms with Gasteiger partial charge in [0.2, 0.25) is 10.0 Å². The van der Waals surface area contributed by atoms with Crippen LogP contribution in [0, 0.1) is 12.7 Å². The summed E-state index contributed by atoms with van der Waals surface area (Å²) in [5.41, 5.74) is 1.50. The molecule has 3 heterocycles. The maximum Gasteiger partial charge on any atom is 0.259 e. The Morgan fingerprint density at radius 1 is 1.32 bits per heavy atom. The lowest BCUT2D eigenvalue weighted by molar-refractivity contribution is 0.0620. The highest BCUT2D eigenvalue weighted by atomic mass is 32.2. The molecule has 1 aliphatic rings. The molecule has 0 spiro atoms. The van der Waals surface area contributed by atoms with Gasteiger partial charge in [-0.1, -0.05) is 17.3 Å². The van der Waals surface area contributed by atoms with Crippen LogP contribution >= 0.6 is 0 Å². The summed E-state index contributed by atoms with van der Waals surface area (Å²) in [5, 5.41) is 4.41. The number of halogens is 1. The normalized spacial score (nSPS) is 17.3. The predicted molar refractivity (Wildman–Crippen MR) is 113 cm³/mol. The zero-order chi connectivity index (χ0) is 22.2. The van der Waals surface area contributed by atoms with Crippen LogP contribution in [0.2, 0.25) is 0 Å². The van der Waals surface area contributed by atoms with E-state index in [1.165, 1.54) is 6.07 Å². The Kier molecular flexibility index (Phi) is 5.76. The second-order valence-electron chi connectivity index (χ2n) is 7.75. The molecule has 1 N–H and O–H groups in total. The number of fused-ring (bicyclic) bond motifs is 1. The van der Waals surface area contributed by atoms with Crippen LogP contribution in [0.5, 0.6) is 0 Å². The fraction of sp³-hybridized carbons (Fsp3) is 0.381. The summed E-state index contributed by atoms with van der Waals surface area (Å²) in [7, 11) is -3.38. The maximum absolute atomic E-state index is 14.4. The molecule has 0 bridgehead atoms. The molecule has 0 aliphatic carbocycles. The molecule has 3 aromatic rings. The van der Waals surface area contributed by atoms with Gasteiger partial charge in [0.05, 0.1) is 28.6 Å². The molecular formula is C21H23FN4O4S. The number of amides is 1. The lowest BCUT2D eigenvalue weighted by atomic mass is 9.99. The highest BCUT2D eigenvalue weighted by Gasteiger charge is 2.31. The van der Waals surface area contributed by atoms with Crippen LogP contribution in [0.15, 0.2) is 34.9 Å². The quantitative estimate of drug-likeness (QED) is 0.646. The molecule has 1 aromatic carbocycles. The standard InChI is InChI=1S/C21H23FN4O4S/c1-13-19-16(21(27)26-10-6-5-7-14(26)12-23-31(2,28)29)11-18(24-20(19)30-25-13)15-8-3-4-9-17(15)22/h3-4,8-9,11,14,23H,5-7,10,12H2,1-2H3. The third-order valence-corrected chi connectivity index (χ3v) is 6.16. The lowest BCUT2D eigenvalue weighted by Gasteiger charge is -2.36. The van der Waals surface area contributed by atoms with E-state index in [4.69, 9.17) is 4.52 Å². The molecule has 1 amide bonds. The van der Waals surface area contributed by atoms with Crippen molar-refractivity contribution in [1.29, 1.82) is 0 Å². The summed E-state index contributed by atoms with van der Waals surface area (Å²) in [6.07, 6.45) is 3.50. The zero-order valence-electron chi connectivity index (χ0n) is 17.3. The van der Waals surface area contributed by atoms with Crippen LogP contribution in [0.25, 0.3) is 22.4 Å². The van der Waals surface area contributed by atoms with Crippen LogP contribution in [0.4, 0.5) is 4.39 Å². The Morgan fingerprint density at radius 3 is 2.84 bits per heavy atom. The highest BCUT2D eigenvalue weighted by molar-refractivity contribution is 7.88. The Labute approximate surface area is 179 Å². The summed E-state index contributed by atoms with van der Waals surface area (Å²) in [4.78, 5) is 19.7. The smallest absolute Gasteiger partial charge is 0.259 e. The van der Waals surface area contributed by atoms with Crippen molar-refractivity contribution in [3.05, 3.63) is 47.4 Å². The summed E-state index contributed by atoms with van der Waals surface area (Å²) in [6.45, 7) is 2.35. The number of hydrogen-bond donors (Lipinski definition) is 1. The average molecular weight is 447 g/mol. The van der Waals surface area contributed by atoms with Crippen molar-refractivity contribution in [2.24, 2.45) is 0 Å². The number of benzene rings is 1. The number of hydrogen-bond acceptors (Lipinski definition) is 6. The number of nitrogens with one attached hydrogen (secondary N) is 1. The third kappa shape index (κ3) is 4.45. The largest absolute Gasteiger partial charge is 0.335 e. The second kappa shape index (κ2) is 8.35. The Balaban J connectivity index is 1.77. The molecule has 1 aliphatic heterocycles. The van der Waals surface area contributed by atoms with Gasteiger partial charge in [0, 0.05) is 24.7 Å². The molecule has 0 radical (unpaired) electrons. The number of pyridine rings is 1. The fourth-order valence-electron chi connectivity index (χ4n) is 3.95. The van der Waals surface area contributed by atoms with E-state index in [1.807, 2.05) is 0 Å². The van der Waals surface area contributed by atoms with E-state index in [9.17, 15) is 17.6 Å². The first kappa shape index (κ1) is 21.4. The molecule has 1 saturated heterocycles. The van der Waals surface area contributed by atoms with E-state index < -0.39 is 15.8 Å². The number of sulfonamides is 1. The molecule has 164 valence electrons. The first-order valence-electron chi connectivity index (χ1n) is 10.0. The zero-order valence-corrected chi connectivity index (χ0v) is 18.1. The summed E-state index contributed by atoms with van der Waals surface area (Å²) in [5.74, 6) is -0.742. The maximum atomic E-state index is 14.4. The molecule has 0 saturated carbocycles. The number of aryl methyl sites for hydroxylation is 1. The molecule has 1 unspecified atom stereocenters. The minimum absolute atomic E-state index is 0.140. The van der Waals surface area contributed by atoms with Crippen LogP contribution in [-0.4, -0.2) is 54.8 Å². The summed E-state index contributed by atoms with van der Waals surface area (Å²) in [6, 6.07) is 7.45. The molecule has 1 fully saturated rings. The van der Waals surface area contributed by atoms with Crippen molar-refractivity contribution < 1.29 is 22.1 Å². The van der Waals surface area contributed by atoms with Gasteiger partial charge in [-0.05, 0) is 44.4 Å². The minimum Gasteiger partial charge on any atom is -0.335 e. The molecule has 10 heteroatoms. The van der Waals surface area contributed by atoms with Gasteiger partial charge >= 0.3 is 0 Å². The Morgan fingerprint density at radius 2 is 2.10 bits per heavy atom. The van der Waals surface area contributed by atoms with Gasteiger partial charge in [-0.25, -0.2) is 22.5 Å². The summed E-state index contributed by atoms with van der Waals surface area (Å²) >= 11 is 0. The van der Waals surface area contributed by atoms with E-state index in [0.717, 1.165) is 19.1 Å². The van der Waals surface area contributed by atoms with Crippen molar-refractivity contribution in [2.45, 2.75) is 32.2 Å². The topological polar surface area (TPSA) is 105 Å². The van der Waals surface area contributed by atoms with E-state index in [0.29, 0.717) is 29.6 Å². The van der Waals surface area contributed by atoms with Crippen molar-refractivity contribution in [3.63, 3.8) is 0 Å². The van der Waals surface area contributed by atoms with Crippen molar-refractivity contribution in [1.82, 2.24) is 19.8 Å². The third-order valence-electron chi connectivity index (χ3n) is 5.47. The van der Waals surface area contributed by atoms with Gasteiger partial charge in [-0.3, -0.25) is 4.79 Å². The van der Waals surface area contributed by atoms with Crippen LogP contribution in [0.3, 0.4) is 0 Å². The first-order chi connectivity index (χ1) is 14.7. The fourth-order valence-corrected chi connectivity index (χ4v) is 4.45. The van der Waals surface area contributed by atoms with Gasteiger partial charge in [0.15, 0.2) is 0 Å². The Bertz CT molecular complexity index is 1240. The van der Waals surface area contributed by atoms with Crippen molar-refractivity contribution >= 4 is 27.0 Å². The van der Waals surface area contributed by atoms with E-state index in [2.05, 4.69) is 14.9 Å². The van der Waals surface area contributed by atoms with Gasteiger partial charge < -0.3 is 9.42 Å². The monoisotopic (exact) mass is 446 g/mol. The van der Waals surface area contributed by atoms with Gasteiger partial charge in [0.25, 0.3) is 11.6 Å². The SMILES string of the molecule is Cc1noc2nc(-c3ccccc3F)cc(C(=O)N3CCCCC3CNS(C)(=O)=O)c12. The number of carbonyl (C=O) groups excluding carboxylic acids is 1. The van der Waals surface area contributed by atoms with Crippen LogP contribution in [0.1, 0.15) is 35.3 Å². The number of likely N-dealkylation sites (tertiary alicyclic amines) is 1. The lowest BCUT2D eigenvalue weighted by Crippen LogP contribution is -2.49. The number of aromatic nitrogens is 2. The van der Waals surface area contributed by atoms with Gasteiger partial charge in [-0.15, -0.1) is 0 Å². The molecule has 8 nitrogen and oxygen atoms in total. The van der Waals surface area contributed by atoms with Gasteiger partial charge in [-0.2, -0.15) is 0 Å². The van der Waals surface area contributed by atoms with E-state index in [1.54, 1.807) is 36.1 Å². The van der Waals surface area contributed by atoms with Gasteiger partial charge in [0.1, 0.15) is 5.82 Å². The number of rotatable bonds is 5. The molecule has 31 heavy (non-hydrogen) atoms. The number of carbonyl (C=O) groups is 1. The van der Waals surface area contributed by atoms with Crippen molar-refractivity contribution in [2.75, 3.05) is 19.3 Å². The van der Waals surface area contributed by atoms with Crippen molar-refractivity contribution in [3.8, 4) is 11.3 Å². The molecular weight excluding hydrogens is 423 g/mol. The molecule has 2 aromatic heterocycles. The molecule has 4 rings (SSSR count). The first-order valence-corrected chi connectivity index (χ1v) is 11.9.